The number of rotatable bonds is 1. The molecule has 0 saturated carbocycles. The van der Waals surface area contributed by atoms with E-state index in [4.69, 9.17) is 15.2 Å². The van der Waals surface area contributed by atoms with Crippen molar-refractivity contribution in [1.82, 2.24) is 15.1 Å². The van der Waals surface area contributed by atoms with Gasteiger partial charge in [0, 0.05) is 45.8 Å². The van der Waals surface area contributed by atoms with Crippen molar-refractivity contribution >= 4 is 17.8 Å². The van der Waals surface area contributed by atoms with E-state index in [0.717, 1.165) is 0 Å². The highest BCUT2D eigenvalue weighted by molar-refractivity contribution is 5.98. The van der Waals surface area contributed by atoms with Crippen LogP contribution in [0.25, 0.3) is 0 Å². The number of carbonyl (C=O) groups is 1. The molecule has 1 aromatic rings. The van der Waals surface area contributed by atoms with Crippen molar-refractivity contribution in [2.45, 2.75) is 0 Å². The summed E-state index contributed by atoms with van der Waals surface area (Å²) in [5.41, 5.74) is 6.30. The smallest absolute Gasteiger partial charge is 0.254 e. The van der Waals surface area contributed by atoms with E-state index in [1.54, 1.807) is 32.3 Å². The highest BCUT2D eigenvalue weighted by atomic mass is 16.7. The van der Waals surface area contributed by atoms with Crippen LogP contribution in [0.15, 0.2) is 28.2 Å². The second-order valence-electron chi connectivity index (χ2n) is 5.63. The second kappa shape index (κ2) is 7.29. The minimum atomic E-state index is -0.0180. The number of fused-ring (bicyclic) bond motifs is 1. The zero-order chi connectivity index (χ0) is 17.8. The number of nitrogens with one attached hydrogen (secondary N) is 1. The highest BCUT2D eigenvalue weighted by Gasteiger charge is 2.25. The van der Waals surface area contributed by atoms with Crippen LogP contribution in [0.2, 0.25) is 0 Å². The van der Waals surface area contributed by atoms with Crippen LogP contribution < -0.4 is 20.5 Å². The molecule has 1 aromatic carbocycles. The number of hydrogen-bond donors (Lipinski definition) is 2. The average Bonchev–Trinajstić information content (AvgIpc) is 3.13. The van der Waals surface area contributed by atoms with E-state index in [1.165, 1.54) is 0 Å². The number of guanidine groups is 2. The number of carbonyl (C=O) groups excluding carboxylic acids is 1. The van der Waals surface area contributed by atoms with Crippen molar-refractivity contribution in [2.75, 3.05) is 47.1 Å². The molecule has 0 unspecified atom stereocenters. The van der Waals surface area contributed by atoms with Crippen molar-refractivity contribution in [3.8, 4) is 11.5 Å². The Balaban J connectivity index is 1.61. The molecule has 9 heteroatoms. The van der Waals surface area contributed by atoms with E-state index in [0.29, 0.717) is 55.2 Å². The molecular weight excluding hydrogens is 324 g/mol. The zero-order valence-corrected chi connectivity index (χ0v) is 14.4. The van der Waals surface area contributed by atoms with Crippen molar-refractivity contribution < 1.29 is 14.3 Å². The first-order chi connectivity index (χ1) is 12.1. The summed E-state index contributed by atoms with van der Waals surface area (Å²) < 4.78 is 10.6. The van der Waals surface area contributed by atoms with Crippen molar-refractivity contribution in [1.29, 1.82) is 0 Å². The molecule has 9 nitrogen and oxygen atoms in total. The van der Waals surface area contributed by atoms with Crippen LogP contribution in [0.3, 0.4) is 0 Å². The third kappa shape index (κ3) is 3.59. The predicted octanol–water partition coefficient (Wildman–Crippen LogP) is -0.307. The average molecular weight is 346 g/mol. The summed E-state index contributed by atoms with van der Waals surface area (Å²) in [5, 5.41) is 2.96. The van der Waals surface area contributed by atoms with Gasteiger partial charge in [-0.05, 0) is 18.2 Å². The lowest BCUT2D eigenvalue weighted by Gasteiger charge is -2.36. The number of benzene rings is 1. The number of nitrogens with two attached hydrogens (primary N) is 1. The summed E-state index contributed by atoms with van der Waals surface area (Å²) in [7, 11) is 3.30. The second-order valence-corrected chi connectivity index (χ2v) is 5.63. The van der Waals surface area contributed by atoms with Gasteiger partial charge in [0.1, 0.15) is 0 Å². The molecule has 0 radical (unpaired) electrons. The third-order valence-corrected chi connectivity index (χ3v) is 4.18. The van der Waals surface area contributed by atoms with Crippen LogP contribution in [0.5, 0.6) is 11.5 Å². The summed E-state index contributed by atoms with van der Waals surface area (Å²) in [5.74, 6) is 2.23. The van der Waals surface area contributed by atoms with Gasteiger partial charge in [0.05, 0.1) is 0 Å². The molecule has 0 aromatic heterocycles. The van der Waals surface area contributed by atoms with Gasteiger partial charge in [-0.2, -0.15) is 0 Å². The summed E-state index contributed by atoms with van der Waals surface area (Å²) >= 11 is 0. The first-order valence-electron chi connectivity index (χ1n) is 8.02. The molecule has 1 saturated heterocycles. The molecule has 0 bridgehead atoms. The lowest BCUT2D eigenvalue weighted by atomic mass is 10.1. The predicted molar refractivity (Wildman–Crippen MR) is 94.1 cm³/mol. The molecule has 2 aliphatic rings. The Hall–Kier alpha value is -2.97. The standard InChI is InChI=1S/C16H22N6O3/c1-18-15(17)20-16(19-2)22-7-5-21(6-8-22)14(23)11-3-4-12-13(9-11)25-10-24-12/h3-4,9H,5-8,10H2,1-2H3,(H3,17,18,19,20). The normalized spacial score (nSPS) is 17.7. The van der Waals surface area contributed by atoms with Crippen LogP contribution in [0, 0.1) is 0 Å². The first-order valence-corrected chi connectivity index (χ1v) is 8.02. The largest absolute Gasteiger partial charge is 0.454 e. The van der Waals surface area contributed by atoms with Crippen LogP contribution in [-0.2, 0) is 0 Å². The van der Waals surface area contributed by atoms with E-state index in [9.17, 15) is 4.79 Å². The van der Waals surface area contributed by atoms with Crippen molar-refractivity contribution in [3.05, 3.63) is 23.8 Å². The minimum Gasteiger partial charge on any atom is -0.454 e. The number of piperazine rings is 1. The molecule has 3 N–H and O–H groups in total. The minimum absolute atomic E-state index is 0.0180. The molecule has 0 aliphatic carbocycles. The Kier molecular flexibility index (Phi) is 4.92. The van der Waals surface area contributed by atoms with E-state index in [1.807, 2.05) is 9.80 Å². The van der Waals surface area contributed by atoms with Crippen molar-refractivity contribution in [2.24, 2.45) is 15.7 Å². The summed E-state index contributed by atoms with van der Waals surface area (Å²) in [4.78, 5) is 24.6. The number of hydrogen-bond acceptors (Lipinski definition) is 5. The molecule has 3 rings (SSSR count). The van der Waals surface area contributed by atoms with Gasteiger partial charge >= 0.3 is 0 Å². The van der Waals surface area contributed by atoms with Gasteiger partial charge in [-0.1, -0.05) is 0 Å². The first kappa shape index (κ1) is 16.9. The van der Waals surface area contributed by atoms with Gasteiger partial charge in [-0.25, -0.2) is 0 Å². The number of aliphatic imine (C=N–C) groups is 2. The lowest BCUT2D eigenvalue weighted by molar-refractivity contribution is 0.0690. The Labute approximate surface area is 146 Å². The Morgan fingerprint density at radius 3 is 2.44 bits per heavy atom. The van der Waals surface area contributed by atoms with E-state index < -0.39 is 0 Å². The molecule has 0 atom stereocenters. The summed E-state index contributed by atoms with van der Waals surface area (Å²) in [6.45, 7) is 2.70. The molecule has 25 heavy (non-hydrogen) atoms. The molecule has 1 fully saturated rings. The molecule has 2 heterocycles. The van der Waals surface area contributed by atoms with Gasteiger partial charge in [0.15, 0.2) is 17.5 Å². The maximum absolute atomic E-state index is 12.7. The van der Waals surface area contributed by atoms with E-state index in [-0.39, 0.29) is 12.7 Å². The van der Waals surface area contributed by atoms with E-state index >= 15 is 0 Å². The van der Waals surface area contributed by atoms with Crippen LogP contribution >= 0.6 is 0 Å². The SMILES string of the molecule is CN=C(N)NC(=NC)N1CCN(C(=O)c2ccc3c(c2)OCO3)CC1. The fourth-order valence-corrected chi connectivity index (χ4v) is 2.78. The van der Waals surface area contributed by atoms with Gasteiger partial charge < -0.3 is 25.0 Å². The van der Waals surface area contributed by atoms with Crippen LogP contribution in [0.4, 0.5) is 0 Å². The number of amides is 1. The van der Waals surface area contributed by atoms with Crippen molar-refractivity contribution in [3.63, 3.8) is 0 Å². The van der Waals surface area contributed by atoms with E-state index in [2.05, 4.69) is 15.3 Å². The van der Waals surface area contributed by atoms with Gasteiger partial charge in [0.25, 0.3) is 5.91 Å². The molecular formula is C16H22N6O3. The maximum Gasteiger partial charge on any atom is 0.254 e. The fraction of sp³-hybridized carbons (Fsp3) is 0.438. The Morgan fingerprint density at radius 1 is 1.08 bits per heavy atom. The quantitative estimate of drug-likeness (QED) is 0.534. The molecule has 0 spiro atoms. The molecule has 1 amide bonds. The zero-order valence-electron chi connectivity index (χ0n) is 14.4. The molecule has 134 valence electrons. The monoisotopic (exact) mass is 346 g/mol. The summed E-state index contributed by atoms with van der Waals surface area (Å²) in [6.07, 6.45) is 0. The third-order valence-electron chi connectivity index (χ3n) is 4.18. The number of nitrogens with zero attached hydrogens (tertiary/aromatic N) is 4. The van der Waals surface area contributed by atoms with Gasteiger partial charge in [-0.15, -0.1) is 0 Å². The highest BCUT2D eigenvalue weighted by Crippen LogP contribution is 2.32. The Bertz CT molecular complexity index is 710. The maximum atomic E-state index is 12.7. The van der Waals surface area contributed by atoms with Crippen LogP contribution in [0.1, 0.15) is 10.4 Å². The summed E-state index contributed by atoms with van der Waals surface area (Å²) in [6, 6.07) is 5.27. The van der Waals surface area contributed by atoms with Gasteiger partial charge in [0.2, 0.25) is 12.8 Å². The van der Waals surface area contributed by atoms with Gasteiger partial charge in [-0.3, -0.25) is 20.1 Å². The number of ether oxygens (including phenoxy) is 2. The Morgan fingerprint density at radius 2 is 1.76 bits per heavy atom. The fourth-order valence-electron chi connectivity index (χ4n) is 2.78. The van der Waals surface area contributed by atoms with Crippen LogP contribution in [-0.4, -0.2) is 74.7 Å². The topological polar surface area (TPSA) is 105 Å². The lowest BCUT2D eigenvalue weighted by Crippen LogP contribution is -2.55. The molecule has 2 aliphatic heterocycles.